The highest BCUT2D eigenvalue weighted by Gasteiger charge is 2.00. The summed E-state index contributed by atoms with van der Waals surface area (Å²) in [5.74, 6) is 0. The number of fused-ring (bicyclic) bond motifs is 1. The highest BCUT2D eigenvalue weighted by atomic mass is 16.1. The van der Waals surface area contributed by atoms with Gasteiger partial charge in [0.25, 0.3) is 0 Å². The number of nitrogens with one attached hydrogen (secondary N) is 1. The SMILES string of the molecule is O=CNCCc1cccc2cccnc12. The number of hydrogen-bond donors (Lipinski definition) is 1. The lowest BCUT2D eigenvalue weighted by molar-refractivity contribution is -0.109. The predicted octanol–water partition coefficient (Wildman–Crippen LogP) is 1.52. The molecule has 0 unspecified atom stereocenters. The molecule has 0 radical (unpaired) electrons. The van der Waals surface area contributed by atoms with Crippen LogP contribution in [0.5, 0.6) is 0 Å². The Kier molecular flexibility index (Phi) is 2.93. The van der Waals surface area contributed by atoms with Gasteiger partial charge in [-0.2, -0.15) is 0 Å². The molecule has 1 heterocycles. The van der Waals surface area contributed by atoms with Crippen molar-refractivity contribution in [2.75, 3.05) is 6.54 Å². The molecule has 0 aliphatic heterocycles. The Morgan fingerprint density at radius 1 is 1.27 bits per heavy atom. The van der Waals surface area contributed by atoms with Crippen LogP contribution < -0.4 is 5.32 Å². The van der Waals surface area contributed by atoms with Crippen molar-refractivity contribution in [1.29, 1.82) is 0 Å². The molecule has 0 bridgehead atoms. The topological polar surface area (TPSA) is 42.0 Å². The molecule has 0 aliphatic carbocycles. The zero-order chi connectivity index (χ0) is 10.5. The summed E-state index contributed by atoms with van der Waals surface area (Å²) in [5.41, 5.74) is 2.19. The Morgan fingerprint density at radius 3 is 3.00 bits per heavy atom. The third-order valence-corrected chi connectivity index (χ3v) is 2.34. The predicted molar refractivity (Wildman–Crippen MR) is 59.5 cm³/mol. The molecule has 3 nitrogen and oxygen atoms in total. The molecule has 1 amide bonds. The molecule has 0 aliphatic rings. The summed E-state index contributed by atoms with van der Waals surface area (Å²) in [6.45, 7) is 0.652. The number of carbonyl (C=O) groups excluding carboxylic acids is 1. The lowest BCUT2D eigenvalue weighted by atomic mass is 10.1. The molecule has 3 heteroatoms. The van der Waals surface area contributed by atoms with Gasteiger partial charge in [0, 0.05) is 18.1 Å². The van der Waals surface area contributed by atoms with Gasteiger partial charge in [-0.25, -0.2) is 0 Å². The van der Waals surface area contributed by atoms with Gasteiger partial charge in [-0.05, 0) is 18.1 Å². The van der Waals surface area contributed by atoms with E-state index in [2.05, 4.69) is 10.3 Å². The Labute approximate surface area is 88.1 Å². The maximum atomic E-state index is 10.1. The van der Waals surface area contributed by atoms with Gasteiger partial charge in [0.15, 0.2) is 0 Å². The van der Waals surface area contributed by atoms with E-state index in [0.717, 1.165) is 23.7 Å². The van der Waals surface area contributed by atoms with E-state index < -0.39 is 0 Å². The van der Waals surface area contributed by atoms with Gasteiger partial charge in [-0.3, -0.25) is 9.78 Å². The summed E-state index contributed by atoms with van der Waals surface area (Å²) in [5, 5.41) is 3.79. The van der Waals surface area contributed by atoms with E-state index >= 15 is 0 Å². The lowest BCUT2D eigenvalue weighted by Gasteiger charge is -2.04. The van der Waals surface area contributed by atoms with Gasteiger partial charge in [-0.15, -0.1) is 0 Å². The summed E-state index contributed by atoms with van der Waals surface area (Å²) >= 11 is 0. The third-order valence-electron chi connectivity index (χ3n) is 2.34. The third kappa shape index (κ3) is 2.13. The zero-order valence-corrected chi connectivity index (χ0v) is 8.31. The van der Waals surface area contributed by atoms with Gasteiger partial charge < -0.3 is 5.32 Å². The van der Waals surface area contributed by atoms with Crippen LogP contribution in [0, 0.1) is 0 Å². The van der Waals surface area contributed by atoms with Crippen molar-refractivity contribution in [1.82, 2.24) is 10.3 Å². The standard InChI is InChI=1S/C12H12N2O/c15-9-13-8-6-11-4-1-3-10-5-2-7-14-12(10)11/h1-5,7,9H,6,8H2,(H,13,15). The fourth-order valence-electron chi connectivity index (χ4n) is 1.63. The Balaban J connectivity index is 2.30. The minimum atomic E-state index is 0.652. The number of aromatic nitrogens is 1. The number of para-hydroxylation sites is 1. The van der Waals surface area contributed by atoms with Crippen LogP contribution in [-0.2, 0) is 11.2 Å². The number of benzene rings is 1. The first kappa shape index (κ1) is 9.65. The minimum Gasteiger partial charge on any atom is -0.358 e. The van der Waals surface area contributed by atoms with Crippen molar-refractivity contribution in [2.45, 2.75) is 6.42 Å². The first-order valence-electron chi connectivity index (χ1n) is 4.91. The van der Waals surface area contributed by atoms with Crippen molar-refractivity contribution in [2.24, 2.45) is 0 Å². The van der Waals surface area contributed by atoms with E-state index in [0.29, 0.717) is 6.54 Å². The second kappa shape index (κ2) is 4.55. The Hall–Kier alpha value is -1.90. The van der Waals surface area contributed by atoms with E-state index in [1.807, 2.05) is 30.3 Å². The first-order chi connectivity index (χ1) is 7.42. The quantitative estimate of drug-likeness (QED) is 0.600. The van der Waals surface area contributed by atoms with Crippen LogP contribution in [0.25, 0.3) is 10.9 Å². The van der Waals surface area contributed by atoms with E-state index in [1.54, 1.807) is 6.20 Å². The normalized spacial score (nSPS) is 10.1. The van der Waals surface area contributed by atoms with Crippen molar-refractivity contribution >= 4 is 17.3 Å². The van der Waals surface area contributed by atoms with Crippen LogP contribution in [0.2, 0.25) is 0 Å². The number of rotatable bonds is 4. The van der Waals surface area contributed by atoms with E-state index in [-0.39, 0.29) is 0 Å². The molecule has 1 aromatic carbocycles. The van der Waals surface area contributed by atoms with Crippen LogP contribution in [0.3, 0.4) is 0 Å². The van der Waals surface area contributed by atoms with Crippen LogP contribution in [-0.4, -0.2) is 17.9 Å². The minimum absolute atomic E-state index is 0.652. The molecule has 1 N–H and O–H groups in total. The molecule has 1 aromatic heterocycles. The van der Waals surface area contributed by atoms with Crippen molar-refractivity contribution in [3.8, 4) is 0 Å². The molecule has 2 rings (SSSR count). The summed E-state index contributed by atoms with van der Waals surface area (Å²) in [6, 6.07) is 10.1. The zero-order valence-electron chi connectivity index (χ0n) is 8.31. The van der Waals surface area contributed by atoms with E-state index in [1.165, 1.54) is 5.56 Å². The maximum absolute atomic E-state index is 10.1. The van der Waals surface area contributed by atoms with Gasteiger partial charge in [0.05, 0.1) is 5.52 Å². The average Bonchev–Trinajstić information content (AvgIpc) is 2.30. The molecule has 0 atom stereocenters. The maximum Gasteiger partial charge on any atom is 0.207 e. The highest BCUT2D eigenvalue weighted by Crippen LogP contribution is 2.15. The molecular formula is C12H12N2O. The van der Waals surface area contributed by atoms with Gasteiger partial charge >= 0.3 is 0 Å². The molecule has 15 heavy (non-hydrogen) atoms. The summed E-state index contributed by atoms with van der Waals surface area (Å²) in [7, 11) is 0. The summed E-state index contributed by atoms with van der Waals surface area (Å²) in [4.78, 5) is 14.5. The summed E-state index contributed by atoms with van der Waals surface area (Å²) < 4.78 is 0. The average molecular weight is 200 g/mol. The molecule has 0 saturated heterocycles. The number of pyridine rings is 1. The summed E-state index contributed by atoms with van der Waals surface area (Å²) in [6.07, 6.45) is 3.32. The highest BCUT2D eigenvalue weighted by molar-refractivity contribution is 5.81. The largest absolute Gasteiger partial charge is 0.358 e. The van der Waals surface area contributed by atoms with Gasteiger partial charge in [-0.1, -0.05) is 24.3 Å². The van der Waals surface area contributed by atoms with Crippen LogP contribution in [0.4, 0.5) is 0 Å². The smallest absolute Gasteiger partial charge is 0.207 e. The van der Waals surface area contributed by atoms with Crippen LogP contribution in [0.15, 0.2) is 36.5 Å². The first-order valence-corrected chi connectivity index (χ1v) is 4.91. The molecule has 76 valence electrons. The molecule has 2 aromatic rings. The van der Waals surface area contributed by atoms with Crippen molar-refractivity contribution in [3.05, 3.63) is 42.1 Å². The Morgan fingerprint density at radius 2 is 2.13 bits per heavy atom. The van der Waals surface area contributed by atoms with Crippen molar-refractivity contribution < 1.29 is 4.79 Å². The van der Waals surface area contributed by atoms with Gasteiger partial charge in [0.2, 0.25) is 6.41 Å². The lowest BCUT2D eigenvalue weighted by Crippen LogP contribution is -2.14. The van der Waals surface area contributed by atoms with E-state index in [9.17, 15) is 4.79 Å². The van der Waals surface area contributed by atoms with Crippen LogP contribution in [0.1, 0.15) is 5.56 Å². The second-order valence-electron chi connectivity index (χ2n) is 3.31. The number of carbonyl (C=O) groups is 1. The molecule has 0 spiro atoms. The monoisotopic (exact) mass is 200 g/mol. The number of amides is 1. The van der Waals surface area contributed by atoms with Crippen LogP contribution >= 0.6 is 0 Å². The molecule has 0 fully saturated rings. The number of nitrogens with zero attached hydrogens (tertiary/aromatic N) is 1. The van der Waals surface area contributed by atoms with Crippen molar-refractivity contribution in [3.63, 3.8) is 0 Å². The number of hydrogen-bond acceptors (Lipinski definition) is 2. The van der Waals surface area contributed by atoms with E-state index in [4.69, 9.17) is 0 Å². The molecular weight excluding hydrogens is 188 g/mol. The fraction of sp³-hybridized carbons (Fsp3) is 0.167. The second-order valence-corrected chi connectivity index (χ2v) is 3.31. The molecule has 0 saturated carbocycles. The fourth-order valence-corrected chi connectivity index (χ4v) is 1.63. The Bertz CT molecular complexity index is 463. The van der Waals surface area contributed by atoms with Gasteiger partial charge in [0.1, 0.15) is 0 Å².